The van der Waals surface area contributed by atoms with Crippen molar-refractivity contribution in [3.8, 4) is 5.75 Å². The van der Waals surface area contributed by atoms with Crippen LogP contribution in [0.2, 0.25) is 0 Å². The summed E-state index contributed by atoms with van der Waals surface area (Å²) in [5, 5.41) is 10.1. The molecule has 1 aromatic carbocycles. The van der Waals surface area contributed by atoms with E-state index in [1.54, 1.807) is 6.07 Å². The van der Waals surface area contributed by atoms with Gasteiger partial charge in [0.25, 0.3) is 0 Å². The van der Waals surface area contributed by atoms with Crippen molar-refractivity contribution in [2.75, 3.05) is 13.2 Å². The fourth-order valence-electron chi connectivity index (χ4n) is 3.26. The lowest BCUT2D eigenvalue weighted by atomic mass is 10.1. The molecule has 2 aromatic heterocycles. The minimum atomic E-state index is 0.311. The highest BCUT2D eigenvalue weighted by atomic mass is 16.5. The topological polar surface area (TPSA) is 60.2 Å². The normalized spacial score (nSPS) is 16.0. The second-order valence-electron chi connectivity index (χ2n) is 5.89. The highest BCUT2D eigenvalue weighted by Crippen LogP contribution is 2.29. The van der Waals surface area contributed by atoms with Crippen LogP contribution in [0.15, 0.2) is 42.6 Å². The van der Waals surface area contributed by atoms with Crippen molar-refractivity contribution in [3.05, 3.63) is 54.0 Å². The Morgan fingerprint density at radius 2 is 1.96 bits per heavy atom. The maximum absolute atomic E-state index is 10.1. The number of hydrogen-bond acceptors (Lipinski definition) is 4. The molecule has 0 atom stereocenters. The first-order chi connectivity index (χ1) is 11.3. The highest BCUT2D eigenvalue weighted by Gasteiger charge is 2.22. The van der Waals surface area contributed by atoms with Gasteiger partial charge < -0.3 is 14.4 Å². The van der Waals surface area contributed by atoms with Crippen LogP contribution in [0.25, 0.3) is 11.2 Å². The Labute approximate surface area is 134 Å². The predicted molar refractivity (Wildman–Crippen MR) is 87.5 cm³/mol. The van der Waals surface area contributed by atoms with Gasteiger partial charge in [0.15, 0.2) is 5.65 Å². The maximum atomic E-state index is 10.1. The summed E-state index contributed by atoms with van der Waals surface area (Å²) in [6, 6.07) is 11.7. The second kappa shape index (κ2) is 6.01. The minimum absolute atomic E-state index is 0.311. The van der Waals surface area contributed by atoms with Crippen molar-refractivity contribution in [3.63, 3.8) is 0 Å². The SMILES string of the molecule is Oc1ccccc1Cc1nc2cccnc2n1C1CCOCC1. The Kier molecular flexibility index (Phi) is 3.71. The molecular weight excluding hydrogens is 290 g/mol. The van der Waals surface area contributed by atoms with E-state index in [0.717, 1.165) is 48.6 Å². The molecular formula is C18H19N3O2. The first kappa shape index (κ1) is 14.2. The summed E-state index contributed by atoms with van der Waals surface area (Å²) in [5.41, 5.74) is 2.71. The molecule has 0 unspecified atom stereocenters. The van der Waals surface area contributed by atoms with Crippen molar-refractivity contribution in [2.45, 2.75) is 25.3 Å². The Bertz CT molecular complexity index is 822. The van der Waals surface area contributed by atoms with Gasteiger partial charge in [0.1, 0.15) is 17.1 Å². The van der Waals surface area contributed by atoms with Crippen molar-refractivity contribution >= 4 is 11.2 Å². The van der Waals surface area contributed by atoms with Crippen molar-refractivity contribution in [2.24, 2.45) is 0 Å². The number of phenols is 1. The Morgan fingerprint density at radius 3 is 2.78 bits per heavy atom. The number of imidazole rings is 1. The number of pyridine rings is 1. The third-order valence-corrected chi connectivity index (χ3v) is 4.42. The van der Waals surface area contributed by atoms with Crippen LogP contribution in [-0.2, 0) is 11.2 Å². The van der Waals surface area contributed by atoms with Gasteiger partial charge in [-0.1, -0.05) is 18.2 Å². The van der Waals surface area contributed by atoms with Gasteiger partial charge in [0.05, 0.1) is 0 Å². The fraction of sp³-hybridized carbons (Fsp3) is 0.333. The van der Waals surface area contributed by atoms with Gasteiger partial charge in [-0.05, 0) is 31.0 Å². The van der Waals surface area contributed by atoms with Gasteiger partial charge in [0.2, 0.25) is 0 Å². The van der Waals surface area contributed by atoms with Crippen molar-refractivity contribution in [1.29, 1.82) is 0 Å². The van der Waals surface area contributed by atoms with E-state index in [-0.39, 0.29) is 0 Å². The van der Waals surface area contributed by atoms with E-state index in [1.807, 2.05) is 36.5 Å². The van der Waals surface area contributed by atoms with Gasteiger partial charge >= 0.3 is 0 Å². The zero-order valence-corrected chi connectivity index (χ0v) is 12.9. The summed E-state index contributed by atoms with van der Waals surface area (Å²) >= 11 is 0. The number of aromatic nitrogens is 3. The summed E-state index contributed by atoms with van der Waals surface area (Å²) in [7, 11) is 0. The molecule has 3 heterocycles. The van der Waals surface area contributed by atoms with Gasteiger partial charge in [-0.25, -0.2) is 9.97 Å². The Morgan fingerprint density at radius 1 is 1.13 bits per heavy atom. The van der Waals surface area contributed by atoms with Gasteiger partial charge in [-0.3, -0.25) is 0 Å². The quantitative estimate of drug-likeness (QED) is 0.807. The van der Waals surface area contributed by atoms with Crippen LogP contribution in [0, 0.1) is 0 Å². The summed E-state index contributed by atoms with van der Waals surface area (Å²) in [6.07, 6.45) is 4.34. The second-order valence-corrected chi connectivity index (χ2v) is 5.89. The molecule has 0 spiro atoms. The van der Waals surface area contributed by atoms with Crippen LogP contribution in [0.1, 0.15) is 30.3 Å². The largest absolute Gasteiger partial charge is 0.508 e. The smallest absolute Gasteiger partial charge is 0.160 e. The molecule has 1 aliphatic rings. The lowest BCUT2D eigenvalue weighted by Crippen LogP contribution is -2.21. The van der Waals surface area contributed by atoms with Crippen LogP contribution in [0.3, 0.4) is 0 Å². The summed E-state index contributed by atoms with van der Waals surface area (Å²) in [6.45, 7) is 1.54. The molecule has 1 saturated heterocycles. The van der Waals surface area contributed by atoms with E-state index in [0.29, 0.717) is 18.2 Å². The van der Waals surface area contributed by atoms with Crippen LogP contribution in [0.4, 0.5) is 0 Å². The van der Waals surface area contributed by atoms with E-state index in [2.05, 4.69) is 9.55 Å². The van der Waals surface area contributed by atoms with Crippen LogP contribution in [-0.4, -0.2) is 32.9 Å². The van der Waals surface area contributed by atoms with Crippen LogP contribution >= 0.6 is 0 Å². The first-order valence-electron chi connectivity index (χ1n) is 7.99. The van der Waals surface area contributed by atoms with Crippen molar-refractivity contribution < 1.29 is 9.84 Å². The zero-order chi connectivity index (χ0) is 15.6. The number of phenolic OH excluding ortho intramolecular Hbond substituents is 1. The summed E-state index contributed by atoms with van der Waals surface area (Å²) < 4.78 is 7.73. The van der Waals surface area contributed by atoms with E-state index in [1.165, 1.54) is 0 Å². The molecule has 4 rings (SSSR count). The Balaban J connectivity index is 1.80. The average Bonchev–Trinajstić information content (AvgIpc) is 2.95. The fourth-order valence-corrected chi connectivity index (χ4v) is 3.26. The van der Waals surface area contributed by atoms with Gasteiger partial charge in [-0.15, -0.1) is 0 Å². The number of fused-ring (bicyclic) bond motifs is 1. The monoisotopic (exact) mass is 309 g/mol. The van der Waals surface area contributed by atoms with E-state index < -0.39 is 0 Å². The summed E-state index contributed by atoms with van der Waals surface area (Å²) in [5.74, 6) is 1.26. The summed E-state index contributed by atoms with van der Waals surface area (Å²) in [4.78, 5) is 9.31. The lowest BCUT2D eigenvalue weighted by Gasteiger charge is -2.25. The molecule has 0 aliphatic carbocycles. The van der Waals surface area contributed by atoms with E-state index in [9.17, 15) is 5.11 Å². The number of aromatic hydroxyl groups is 1. The minimum Gasteiger partial charge on any atom is -0.508 e. The number of para-hydroxylation sites is 1. The van der Waals surface area contributed by atoms with E-state index >= 15 is 0 Å². The number of ether oxygens (including phenoxy) is 1. The number of nitrogens with zero attached hydrogens (tertiary/aromatic N) is 3. The van der Waals surface area contributed by atoms with Crippen LogP contribution in [0.5, 0.6) is 5.75 Å². The molecule has 3 aromatic rings. The van der Waals surface area contributed by atoms with Crippen molar-refractivity contribution in [1.82, 2.24) is 14.5 Å². The molecule has 1 N–H and O–H groups in total. The molecule has 23 heavy (non-hydrogen) atoms. The van der Waals surface area contributed by atoms with Crippen LogP contribution < -0.4 is 0 Å². The third kappa shape index (κ3) is 2.68. The number of hydrogen-bond donors (Lipinski definition) is 1. The molecule has 0 amide bonds. The van der Waals surface area contributed by atoms with Gasteiger partial charge in [0, 0.05) is 37.4 Å². The molecule has 1 fully saturated rings. The molecule has 118 valence electrons. The molecule has 5 heteroatoms. The number of rotatable bonds is 3. The molecule has 1 aliphatic heterocycles. The Hall–Kier alpha value is -2.40. The molecule has 0 saturated carbocycles. The zero-order valence-electron chi connectivity index (χ0n) is 12.9. The average molecular weight is 309 g/mol. The van der Waals surface area contributed by atoms with E-state index in [4.69, 9.17) is 9.72 Å². The standard InChI is InChI=1S/C18H19N3O2/c22-16-6-2-1-4-13(16)12-17-20-15-5-3-9-19-18(15)21(17)14-7-10-23-11-8-14/h1-6,9,14,22H,7-8,10-12H2. The predicted octanol–water partition coefficient (Wildman–Crippen LogP) is 3.08. The highest BCUT2D eigenvalue weighted by molar-refractivity contribution is 5.71. The lowest BCUT2D eigenvalue weighted by molar-refractivity contribution is 0.0698. The van der Waals surface area contributed by atoms with Gasteiger partial charge in [-0.2, -0.15) is 0 Å². The molecule has 0 bridgehead atoms. The third-order valence-electron chi connectivity index (χ3n) is 4.42. The maximum Gasteiger partial charge on any atom is 0.160 e. The number of benzene rings is 1. The first-order valence-corrected chi connectivity index (χ1v) is 7.99. The molecule has 5 nitrogen and oxygen atoms in total. The molecule has 0 radical (unpaired) electrons.